The second kappa shape index (κ2) is 7.55. The van der Waals surface area contributed by atoms with Crippen molar-refractivity contribution in [3.05, 3.63) is 30.1 Å². The lowest BCUT2D eigenvalue weighted by Crippen LogP contribution is -2.49. The van der Waals surface area contributed by atoms with E-state index >= 15 is 0 Å². The third kappa shape index (κ3) is 3.69. The van der Waals surface area contributed by atoms with E-state index in [1.54, 1.807) is 0 Å². The molecule has 5 rings (SSSR count). The number of hydrogen-bond donors (Lipinski definition) is 0. The number of benzene rings is 1. The molecule has 1 aromatic heterocycles. The lowest BCUT2D eigenvalue weighted by atomic mass is 9.72. The number of rotatable bonds is 3. The average molecular weight is 421 g/mol. The molecular weight excluding hydrogens is 388 g/mol. The van der Waals surface area contributed by atoms with Gasteiger partial charge in [-0.15, -0.1) is 0 Å². The molecule has 2 aromatic rings. The minimum Gasteiger partial charge on any atom is -0.441 e. The highest BCUT2D eigenvalue weighted by molar-refractivity contribution is 5.77. The lowest BCUT2D eigenvalue weighted by Gasteiger charge is -2.43. The number of imidazole rings is 1. The summed E-state index contributed by atoms with van der Waals surface area (Å²) in [6, 6.07) is 8.16. The smallest absolute Gasteiger partial charge is 0.410 e. The van der Waals surface area contributed by atoms with Crippen molar-refractivity contribution < 1.29 is 9.53 Å². The van der Waals surface area contributed by atoms with Gasteiger partial charge in [0.25, 0.3) is 0 Å². The number of amides is 1. The van der Waals surface area contributed by atoms with Gasteiger partial charge >= 0.3 is 6.09 Å². The van der Waals surface area contributed by atoms with E-state index in [0.717, 1.165) is 56.2 Å². The molecule has 164 valence electrons. The predicted octanol–water partition coefficient (Wildman–Crippen LogP) is 5.26. The molecule has 1 saturated heterocycles. The van der Waals surface area contributed by atoms with Crippen LogP contribution >= 0.6 is 0 Å². The normalized spacial score (nSPS) is 30.5. The Morgan fingerprint density at radius 1 is 1.23 bits per heavy atom. The highest BCUT2D eigenvalue weighted by Crippen LogP contribution is 2.45. The Balaban J connectivity index is 1.33. The fraction of sp³-hybridized carbons (Fsp3) is 0.640. The van der Waals surface area contributed by atoms with Crippen molar-refractivity contribution >= 4 is 17.1 Å². The zero-order valence-corrected chi connectivity index (χ0v) is 18.6. The van der Waals surface area contributed by atoms with Gasteiger partial charge in [0, 0.05) is 12.6 Å². The summed E-state index contributed by atoms with van der Waals surface area (Å²) < 4.78 is 8.31. The standard InChI is InChI=1S/C25H32N4O2/c1-24(2)10-4-3-7-22(24)29-16-25(31-23(29)30)11-5-6-19(13-25)15-28-17-27-20-9-8-18(14-26)12-21(20)28/h8-9,12,17,19,22H,3-7,10-11,13,15-16H2,1-2H3/t19-,22?,25-/m0/s1. The van der Waals surface area contributed by atoms with Gasteiger partial charge in [0.1, 0.15) is 5.60 Å². The SMILES string of the molecule is CC1(C)CCCCC1N1C[C@@]2(CCC[C@H](Cn3cnc4ccc(C#N)cc43)C2)OC1=O. The number of hydrogen-bond acceptors (Lipinski definition) is 4. The average Bonchev–Trinajstić information content (AvgIpc) is 3.28. The van der Waals surface area contributed by atoms with Crippen molar-refractivity contribution in [1.82, 2.24) is 14.5 Å². The van der Waals surface area contributed by atoms with Crippen LogP contribution in [0, 0.1) is 22.7 Å². The summed E-state index contributed by atoms with van der Waals surface area (Å²) in [5.41, 5.74) is 2.40. The van der Waals surface area contributed by atoms with Gasteiger partial charge in [-0.05, 0) is 68.1 Å². The van der Waals surface area contributed by atoms with Crippen molar-refractivity contribution in [2.24, 2.45) is 11.3 Å². The number of carbonyl (C=O) groups is 1. The molecule has 2 aliphatic carbocycles. The first-order valence-corrected chi connectivity index (χ1v) is 11.7. The van der Waals surface area contributed by atoms with Crippen LogP contribution in [0.4, 0.5) is 4.79 Å². The zero-order valence-electron chi connectivity index (χ0n) is 18.6. The molecule has 1 unspecified atom stereocenters. The third-order valence-corrected chi connectivity index (χ3v) is 7.93. The number of aromatic nitrogens is 2. The van der Waals surface area contributed by atoms with Gasteiger partial charge in [-0.2, -0.15) is 5.26 Å². The van der Waals surface area contributed by atoms with Crippen LogP contribution in [0.1, 0.15) is 70.8 Å². The zero-order chi connectivity index (χ0) is 21.6. The second-order valence-corrected chi connectivity index (χ2v) is 10.6. The molecule has 0 N–H and O–H groups in total. The Morgan fingerprint density at radius 2 is 2.10 bits per heavy atom. The molecule has 3 aliphatic rings. The van der Waals surface area contributed by atoms with Crippen LogP contribution in [-0.4, -0.2) is 38.7 Å². The Kier molecular flexibility index (Phi) is 4.96. The van der Waals surface area contributed by atoms with Crippen molar-refractivity contribution in [3.8, 4) is 6.07 Å². The van der Waals surface area contributed by atoms with Gasteiger partial charge in [-0.25, -0.2) is 9.78 Å². The van der Waals surface area contributed by atoms with Crippen LogP contribution in [0.25, 0.3) is 11.0 Å². The molecule has 3 atom stereocenters. The van der Waals surface area contributed by atoms with E-state index in [-0.39, 0.29) is 23.2 Å². The first-order valence-electron chi connectivity index (χ1n) is 11.7. The van der Waals surface area contributed by atoms with Crippen molar-refractivity contribution in [2.45, 2.75) is 83.4 Å². The minimum absolute atomic E-state index is 0.104. The maximum atomic E-state index is 13.0. The highest BCUT2D eigenvalue weighted by Gasteiger charge is 2.52. The Labute approximate surface area is 184 Å². The molecule has 1 amide bonds. The fourth-order valence-corrected chi connectivity index (χ4v) is 6.33. The van der Waals surface area contributed by atoms with Gasteiger partial charge in [0.15, 0.2) is 0 Å². The summed E-state index contributed by atoms with van der Waals surface area (Å²) in [6.45, 7) is 6.19. The number of ether oxygens (including phenoxy) is 1. The molecule has 1 aliphatic heterocycles. The topological polar surface area (TPSA) is 71.2 Å². The number of nitriles is 1. The van der Waals surface area contributed by atoms with Crippen LogP contribution in [0.3, 0.4) is 0 Å². The largest absolute Gasteiger partial charge is 0.441 e. The van der Waals surface area contributed by atoms with Crippen LogP contribution < -0.4 is 0 Å². The van der Waals surface area contributed by atoms with Crippen LogP contribution in [0.5, 0.6) is 0 Å². The molecule has 0 radical (unpaired) electrons. The number of fused-ring (bicyclic) bond motifs is 1. The highest BCUT2D eigenvalue weighted by atomic mass is 16.6. The minimum atomic E-state index is -0.346. The second-order valence-electron chi connectivity index (χ2n) is 10.6. The van der Waals surface area contributed by atoms with Gasteiger partial charge in [-0.1, -0.05) is 26.7 Å². The molecule has 3 fully saturated rings. The Bertz CT molecular complexity index is 1040. The molecule has 6 heteroatoms. The number of nitrogens with zero attached hydrogens (tertiary/aromatic N) is 4. The third-order valence-electron chi connectivity index (χ3n) is 7.93. The first kappa shape index (κ1) is 20.4. The molecule has 31 heavy (non-hydrogen) atoms. The summed E-state index contributed by atoms with van der Waals surface area (Å²) in [6.07, 6.45) is 10.6. The van der Waals surface area contributed by atoms with E-state index < -0.39 is 0 Å². The molecule has 6 nitrogen and oxygen atoms in total. The number of carbonyl (C=O) groups excluding carboxylic acids is 1. The van der Waals surface area contributed by atoms with Gasteiger partial charge in [-0.3, -0.25) is 0 Å². The summed E-state index contributed by atoms with van der Waals surface area (Å²) in [4.78, 5) is 19.5. The van der Waals surface area contributed by atoms with Crippen molar-refractivity contribution in [1.29, 1.82) is 5.26 Å². The van der Waals surface area contributed by atoms with E-state index in [4.69, 9.17) is 4.74 Å². The monoisotopic (exact) mass is 420 g/mol. The summed E-state index contributed by atoms with van der Waals surface area (Å²) in [5.74, 6) is 0.434. The van der Waals surface area contributed by atoms with E-state index in [1.807, 2.05) is 24.5 Å². The van der Waals surface area contributed by atoms with Crippen LogP contribution in [-0.2, 0) is 11.3 Å². The fourth-order valence-electron chi connectivity index (χ4n) is 6.33. The quantitative estimate of drug-likeness (QED) is 0.679. The van der Waals surface area contributed by atoms with Gasteiger partial charge in [0.05, 0.1) is 35.5 Å². The summed E-state index contributed by atoms with van der Waals surface area (Å²) in [7, 11) is 0. The van der Waals surface area contributed by atoms with Gasteiger partial charge < -0.3 is 14.2 Å². The maximum Gasteiger partial charge on any atom is 0.410 e. The van der Waals surface area contributed by atoms with E-state index in [9.17, 15) is 10.1 Å². The molecule has 1 spiro atoms. The summed E-state index contributed by atoms with van der Waals surface area (Å²) in [5, 5.41) is 9.25. The molecule has 2 heterocycles. The maximum absolute atomic E-state index is 13.0. The van der Waals surface area contributed by atoms with Crippen LogP contribution in [0.2, 0.25) is 0 Å². The Morgan fingerprint density at radius 3 is 2.90 bits per heavy atom. The van der Waals surface area contributed by atoms with Crippen molar-refractivity contribution in [3.63, 3.8) is 0 Å². The molecular formula is C25H32N4O2. The van der Waals surface area contributed by atoms with E-state index in [1.165, 1.54) is 19.3 Å². The van der Waals surface area contributed by atoms with E-state index in [0.29, 0.717) is 11.5 Å². The van der Waals surface area contributed by atoms with Crippen LogP contribution in [0.15, 0.2) is 24.5 Å². The van der Waals surface area contributed by atoms with Crippen molar-refractivity contribution in [2.75, 3.05) is 6.54 Å². The molecule has 1 aromatic carbocycles. The Hall–Kier alpha value is -2.55. The van der Waals surface area contributed by atoms with Gasteiger partial charge in [0.2, 0.25) is 0 Å². The lowest BCUT2D eigenvalue weighted by molar-refractivity contribution is 0.00377. The molecule has 0 bridgehead atoms. The summed E-state index contributed by atoms with van der Waals surface area (Å²) >= 11 is 0. The first-order chi connectivity index (χ1) is 14.9. The predicted molar refractivity (Wildman–Crippen MR) is 118 cm³/mol. The van der Waals surface area contributed by atoms with E-state index in [2.05, 4.69) is 34.4 Å². The molecule has 2 saturated carbocycles.